The van der Waals surface area contributed by atoms with Crippen LogP contribution in [0.4, 0.5) is 23.7 Å². The molecule has 11 nitrogen and oxygen atoms in total. The van der Waals surface area contributed by atoms with Crippen molar-refractivity contribution in [2.24, 2.45) is 4.99 Å². The number of hydrogen-bond donors (Lipinski definition) is 1. The molecular weight excluding hydrogens is 680 g/mol. The molecule has 0 spiro atoms. The summed E-state index contributed by atoms with van der Waals surface area (Å²) < 4.78 is 47.8. The molecule has 2 heterocycles. The highest BCUT2D eigenvalue weighted by atomic mass is 32.2. The summed E-state index contributed by atoms with van der Waals surface area (Å²) in [7, 11) is 2.86. The fourth-order valence-electron chi connectivity index (χ4n) is 5.05. The SMILES string of the molecule is CCc1cc(C)ccc1N1C(=O)CS/C1=N\C(=S)NC(Cc1ccc(-c2ncn(-c3ccc(OC(F)(F)F)cc3)n2)cc1)N(C)C(=O)OC. The van der Waals surface area contributed by atoms with E-state index in [1.807, 2.05) is 56.3 Å². The van der Waals surface area contributed by atoms with Crippen molar-refractivity contribution in [3.8, 4) is 22.8 Å². The van der Waals surface area contributed by atoms with Crippen LogP contribution in [0, 0.1) is 6.92 Å². The van der Waals surface area contributed by atoms with E-state index in [0.29, 0.717) is 28.7 Å². The summed E-state index contributed by atoms with van der Waals surface area (Å²) in [6, 6.07) is 18.5. The van der Waals surface area contributed by atoms with Crippen LogP contribution in [0.2, 0.25) is 0 Å². The maximum atomic E-state index is 12.9. The number of aromatic nitrogens is 3. The van der Waals surface area contributed by atoms with Gasteiger partial charge in [0, 0.05) is 19.0 Å². The van der Waals surface area contributed by atoms with Crippen LogP contribution in [0.25, 0.3) is 17.1 Å². The van der Waals surface area contributed by atoms with Crippen molar-refractivity contribution in [3.05, 3.63) is 89.7 Å². The van der Waals surface area contributed by atoms with Crippen molar-refractivity contribution in [2.75, 3.05) is 24.8 Å². The number of benzene rings is 3. The molecule has 1 N–H and O–H groups in total. The molecule has 1 saturated heterocycles. The van der Waals surface area contributed by atoms with Crippen LogP contribution in [-0.2, 0) is 22.4 Å². The van der Waals surface area contributed by atoms with E-state index < -0.39 is 18.6 Å². The molecule has 1 atom stereocenters. The molecule has 1 aliphatic heterocycles. The number of nitrogens with zero attached hydrogens (tertiary/aromatic N) is 6. The Morgan fingerprint density at radius 2 is 1.86 bits per heavy atom. The Hall–Kier alpha value is -4.96. The minimum absolute atomic E-state index is 0.0949. The van der Waals surface area contributed by atoms with Gasteiger partial charge < -0.3 is 14.8 Å². The summed E-state index contributed by atoms with van der Waals surface area (Å²) in [6.07, 6.45) is -3.51. The van der Waals surface area contributed by atoms with Crippen LogP contribution in [0.3, 0.4) is 0 Å². The van der Waals surface area contributed by atoms with Crippen LogP contribution in [0.15, 0.2) is 78.0 Å². The molecule has 0 aliphatic carbocycles. The zero-order valence-corrected chi connectivity index (χ0v) is 28.5. The third kappa shape index (κ3) is 8.75. The molecule has 256 valence electrons. The second-order valence-corrected chi connectivity index (χ2v) is 12.2. The predicted octanol–water partition coefficient (Wildman–Crippen LogP) is 6.28. The second-order valence-electron chi connectivity index (χ2n) is 10.9. The summed E-state index contributed by atoms with van der Waals surface area (Å²) in [5.74, 6) is 0.190. The maximum absolute atomic E-state index is 12.9. The van der Waals surface area contributed by atoms with Crippen molar-refractivity contribution in [1.29, 1.82) is 0 Å². The number of thioether (sulfide) groups is 1. The molecule has 1 fully saturated rings. The standard InChI is InChI=1S/C33H32F3N7O4S2/c1-5-22-16-20(2)6-15-26(22)43-28(44)18-49-31(43)39-30(48)38-27(41(3)32(45)46-4)17-21-7-9-23(10-8-21)29-37-19-42(40-29)24-11-13-25(14-12-24)47-33(34,35)36/h6-16,19,27H,5,17-18H2,1-4H3,(H,38,48)/b39-31-. The number of carbonyl (C=O) groups is 2. The molecule has 1 unspecified atom stereocenters. The summed E-state index contributed by atoms with van der Waals surface area (Å²) >= 11 is 6.89. The molecule has 3 aromatic carbocycles. The van der Waals surface area contributed by atoms with Gasteiger partial charge in [-0.15, -0.1) is 18.3 Å². The van der Waals surface area contributed by atoms with E-state index in [1.54, 1.807) is 11.9 Å². The number of ether oxygens (including phenoxy) is 2. The van der Waals surface area contributed by atoms with E-state index >= 15 is 0 Å². The van der Waals surface area contributed by atoms with Crippen molar-refractivity contribution in [1.82, 2.24) is 25.0 Å². The number of carbonyl (C=O) groups excluding carboxylic acids is 2. The maximum Gasteiger partial charge on any atom is 0.573 e. The number of amides is 2. The van der Waals surface area contributed by atoms with E-state index in [9.17, 15) is 22.8 Å². The molecule has 5 rings (SSSR count). The monoisotopic (exact) mass is 711 g/mol. The first-order valence-electron chi connectivity index (χ1n) is 15.0. The number of nitrogens with one attached hydrogen (secondary N) is 1. The smallest absolute Gasteiger partial charge is 0.453 e. The Labute approximate surface area is 290 Å². The molecule has 1 aliphatic rings. The molecule has 0 saturated carbocycles. The van der Waals surface area contributed by atoms with Gasteiger partial charge in [-0.3, -0.25) is 14.6 Å². The van der Waals surface area contributed by atoms with Crippen molar-refractivity contribution in [2.45, 2.75) is 39.2 Å². The fourth-order valence-corrected chi connectivity index (χ4v) is 6.20. The van der Waals surface area contributed by atoms with Crippen LogP contribution in [0.1, 0.15) is 23.6 Å². The van der Waals surface area contributed by atoms with Crippen LogP contribution in [-0.4, -0.2) is 74.4 Å². The predicted molar refractivity (Wildman–Crippen MR) is 185 cm³/mol. The number of alkyl halides is 3. The first kappa shape index (κ1) is 35.3. The summed E-state index contributed by atoms with van der Waals surface area (Å²) in [5, 5.41) is 8.12. The lowest BCUT2D eigenvalue weighted by Crippen LogP contribution is -2.49. The van der Waals surface area contributed by atoms with Gasteiger partial charge in [0.25, 0.3) is 0 Å². The minimum atomic E-state index is -4.78. The first-order valence-corrected chi connectivity index (χ1v) is 16.4. The van der Waals surface area contributed by atoms with Crippen LogP contribution >= 0.6 is 24.0 Å². The molecule has 4 aromatic rings. The fraction of sp³-hybridized carbons (Fsp3) is 0.273. The zero-order valence-electron chi connectivity index (χ0n) is 26.9. The first-order chi connectivity index (χ1) is 23.3. The Kier molecular flexibility index (Phi) is 10.9. The van der Waals surface area contributed by atoms with E-state index in [4.69, 9.17) is 17.0 Å². The second kappa shape index (κ2) is 15.1. The van der Waals surface area contributed by atoms with Gasteiger partial charge >= 0.3 is 12.5 Å². The van der Waals surface area contributed by atoms with E-state index in [-0.39, 0.29) is 22.5 Å². The van der Waals surface area contributed by atoms with Crippen LogP contribution < -0.4 is 15.0 Å². The number of rotatable bonds is 9. The van der Waals surface area contributed by atoms with Gasteiger partial charge in [0.2, 0.25) is 5.91 Å². The van der Waals surface area contributed by atoms with Gasteiger partial charge in [-0.1, -0.05) is 60.6 Å². The third-order valence-corrected chi connectivity index (χ3v) is 8.64. The van der Waals surface area contributed by atoms with E-state index in [2.05, 4.69) is 25.1 Å². The van der Waals surface area contributed by atoms with Gasteiger partial charge in [0.15, 0.2) is 16.1 Å². The van der Waals surface area contributed by atoms with Gasteiger partial charge in [0.05, 0.1) is 24.2 Å². The molecule has 16 heteroatoms. The van der Waals surface area contributed by atoms with Crippen LogP contribution in [0.5, 0.6) is 5.75 Å². The highest BCUT2D eigenvalue weighted by molar-refractivity contribution is 8.15. The average Bonchev–Trinajstić information content (AvgIpc) is 3.70. The number of likely N-dealkylation sites (N-methyl/N-ethyl adjacent to an activating group) is 1. The lowest BCUT2D eigenvalue weighted by atomic mass is 10.1. The molecule has 1 aromatic heterocycles. The minimum Gasteiger partial charge on any atom is -0.453 e. The highest BCUT2D eigenvalue weighted by Gasteiger charge is 2.32. The summed E-state index contributed by atoms with van der Waals surface area (Å²) in [4.78, 5) is 37.3. The Morgan fingerprint density at radius 1 is 1.14 bits per heavy atom. The number of anilines is 1. The molecular formula is C33H32F3N7O4S2. The number of aliphatic imine (C=N–C) groups is 1. The van der Waals surface area contributed by atoms with Gasteiger partial charge in [-0.2, -0.15) is 4.99 Å². The van der Waals surface area contributed by atoms with Gasteiger partial charge in [-0.25, -0.2) is 14.5 Å². The average molecular weight is 712 g/mol. The lowest BCUT2D eigenvalue weighted by molar-refractivity contribution is -0.274. The van der Waals surface area contributed by atoms with E-state index in [0.717, 1.165) is 28.8 Å². The van der Waals surface area contributed by atoms with E-state index in [1.165, 1.54) is 59.0 Å². The summed E-state index contributed by atoms with van der Waals surface area (Å²) in [6.45, 7) is 4.03. The van der Waals surface area contributed by atoms with Crippen molar-refractivity contribution >= 4 is 51.9 Å². The highest BCUT2D eigenvalue weighted by Crippen LogP contribution is 2.31. The van der Waals surface area contributed by atoms with Gasteiger partial charge in [-0.05, 0) is 67.0 Å². The Morgan fingerprint density at radius 3 is 2.51 bits per heavy atom. The van der Waals surface area contributed by atoms with Gasteiger partial charge in [0.1, 0.15) is 18.2 Å². The number of hydrogen-bond acceptors (Lipinski definition) is 8. The number of aryl methyl sites for hydroxylation is 2. The third-order valence-electron chi connectivity index (χ3n) is 7.51. The topological polar surface area (TPSA) is 114 Å². The number of amidine groups is 1. The molecule has 0 bridgehead atoms. The normalized spacial score (nSPS) is 14.6. The number of methoxy groups -OCH3 is 1. The lowest BCUT2D eigenvalue weighted by Gasteiger charge is -2.28. The number of halogens is 3. The molecule has 0 radical (unpaired) electrons. The Balaban J connectivity index is 1.30. The molecule has 49 heavy (non-hydrogen) atoms. The molecule has 2 amide bonds. The largest absolute Gasteiger partial charge is 0.573 e. The number of thiocarbonyl (C=S) groups is 1. The van der Waals surface area contributed by atoms with Crippen molar-refractivity contribution in [3.63, 3.8) is 0 Å². The summed E-state index contributed by atoms with van der Waals surface area (Å²) in [5.41, 5.74) is 4.91. The Bertz CT molecular complexity index is 1870. The van der Waals surface area contributed by atoms with Crippen molar-refractivity contribution < 1.29 is 32.2 Å². The zero-order chi connectivity index (χ0) is 35.3. The quantitative estimate of drug-likeness (QED) is 0.158.